The summed E-state index contributed by atoms with van der Waals surface area (Å²) in [5, 5.41) is 2.98. The minimum atomic E-state index is -0.765. The average molecular weight is 782 g/mol. The molecule has 3 saturated heterocycles. The van der Waals surface area contributed by atoms with Crippen molar-refractivity contribution in [2.24, 2.45) is 17.8 Å². The van der Waals surface area contributed by atoms with Crippen LogP contribution >= 0.6 is 11.8 Å². The normalized spacial score (nSPS) is 22.5. The fourth-order valence-electron chi connectivity index (χ4n) is 8.49. The Bertz CT molecular complexity index is 1810. The molecule has 0 saturated carbocycles. The van der Waals surface area contributed by atoms with E-state index in [4.69, 9.17) is 9.47 Å². The maximum atomic E-state index is 14.4. The molecule has 6 rings (SSSR count). The number of anilines is 1. The summed E-state index contributed by atoms with van der Waals surface area (Å²) in [7, 11) is 2.95. The molecule has 10 nitrogen and oxygen atoms in total. The maximum Gasteiger partial charge on any atom is 0.328 e. The van der Waals surface area contributed by atoms with Gasteiger partial charge in [0, 0.05) is 42.5 Å². The van der Waals surface area contributed by atoms with Crippen LogP contribution in [0, 0.1) is 17.8 Å². The van der Waals surface area contributed by atoms with Crippen LogP contribution in [0.15, 0.2) is 84.9 Å². The second-order valence-corrected chi connectivity index (χ2v) is 16.6. The molecule has 3 aliphatic rings. The van der Waals surface area contributed by atoms with Crippen LogP contribution in [0.5, 0.6) is 5.75 Å². The van der Waals surface area contributed by atoms with Crippen LogP contribution in [0.4, 0.5) is 5.69 Å². The maximum absolute atomic E-state index is 14.4. The van der Waals surface area contributed by atoms with Crippen LogP contribution in [-0.4, -0.2) is 78.3 Å². The fourth-order valence-corrected chi connectivity index (χ4v) is 9.88. The number of benzene rings is 3. The van der Waals surface area contributed by atoms with Gasteiger partial charge in [0.15, 0.2) is 0 Å². The van der Waals surface area contributed by atoms with E-state index in [1.165, 1.54) is 7.11 Å². The van der Waals surface area contributed by atoms with Gasteiger partial charge in [0.1, 0.15) is 23.6 Å². The number of nitrogens with one attached hydrogen (secondary N) is 1. The largest absolute Gasteiger partial charge is 0.497 e. The highest BCUT2D eigenvalue weighted by Gasteiger charge is 2.44. The van der Waals surface area contributed by atoms with Crippen LogP contribution in [0.2, 0.25) is 0 Å². The molecule has 3 aromatic carbocycles. The smallest absolute Gasteiger partial charge is 0.328 e. The molecule has 3 heterocycles. The van der Waals surface area contributed by atoms with Gasteiger partial charge < -0.3 is 24.6 Å². The Morgan fingerprint density at radius 1 is 0.786 bits per heavy atom. The molecule has 56 heavy (non-hydrogen) atoms. The van der Waals surface area contributed by atoms with Crippen molar-refractivity contribution in [1.82, 2.24) is 10.2 Å². The molecular weight excluding hydrogens is 727 g/mol. The summed E-state index contributed by atoms with van der Waals surface area (Å²) in [5.41, 5.74) is 2.79. The van der Waals surface area contributed by atoms with Crippen LogP contribution < -0.4 is 15.0 Å². The van der Waals surface area contributed by atoms with E-state index in [1.54, 1.807) is 28.7 Å². The Hall–Kier alpha value is -4.64. The van der Waals surface area contributed by atoms with Gasteiger partial charge in [-0.3, -0.25) is 19.2 Å². The average Bonchev–Trinajstić information content (AvgIpc) is 3.51. The van der Waals surface area contributed by atoms with E-state index in [2.05, 4.69) is 5.32 Å². The van der Waals surface area contributed by atoms with Gasteiger partial charge >= 0.3 is 5.97 Å². The number of carbonyl (C=O) groups is 5. The van der Waals surface area contributed by atoms with Crippen molar-refractivity contribution < 1.29 is 33.4 Å². The zero-order chi connectivity index (χ0) is 39.4. The molecule has 3 amide bonds. The third-order valence-corrected chi connectivity index (χ3v) is 12.9. The molecule has 1 N–H and O–H groups in total. The van der Waals surface area contributed by atoms with E-state index in [9.17, 15) is 24.0 Å². The van der Waals surface area contributed by atoms with Gasteiger partial charge in [0.2, 0.25) is 17.7 Å². The molecular formula is C45H55N3O7S. The van der Waals surface area contributed by atoms with Crippen molar-refractivity contribution in [3.05, 3.63) is 96.1 Å². The molecule has 0 spiro atoms. The number of fused-ring (bicyclic) bond motifs is 1. The van der Waals surface area contributed by atoms with Gasteiger partial charge in [0.05, 0.1) is 19.6 Å². The first-order valence-electron chi connectivity index (χ1n) is 20.1. The third kappa shape index (κ3) is 10.4. The minimum Gasteiger partial charge on any atom is -0.497 e. The van der Waals surface area contributed by atoms with Gasteiger partial charge in [-0.05, 0) is 93.2 Å². The summed E-state index contributed by atoms with van der Waals surface area (Å²) in [6.07, 6.45) is 6.93. The number of piperidine rings is 1. The lowest BCUT2D eigenvalue weighted by Gasteiger charge is -2.40. The molecule has 0 bridgehead atoms. The predicted octanol–water partition coefficient (Wildman–Crippen LogP) is 6.79. The number of hydrogen-bond donors (Lipinski definition) is 1. The van der Waals surface area contributed by atoms with E-state index in [1.807, 2.05) is 84.9 Å². The molecule has 11 heteroatoms. The Morgan fingerprint density at radius 2 is 1.48 bits per heavy atom. The second kappa shape index (κ2) is 20.0. The quantitative estimate of drug-likeness (QED) is 0.168. The van der Waals surface area contributed by atoms with Crippen molar-refractivity contribution in [3.63, 3.8) is 0 Å². The number of hydrogen-bond acceptors (Lipinski definition) is 8. The molecule has 6 atom stereocenters. The van der Waals surface area contributed by atoms with Crippen molar-refractivity contribution >= 4 is 46.9 Å². The number of carbonyl (C=O) groups excluding carboxylic acids is 5. The molecule has 0 radical (unpaired) electrons. The van der Waals surface area contributed by atoms with Crippen molar-refractivity contribution in [1.29, 1.82) is 0 Å². The molecule has 0 aliphatic carbocycles. The number of nitrogens with zero attached hydrogens (tertiary/aromatic N) is 2. The Balaban J connectivity index is 1.20. The van der Waals surface area contributed by atoms with Gasteiger partial charge in [-0.15, -0.1) is 11.8 Å². The number of ketones is 1. The first-order valence-corrected chi connectivity index (χ1v) is 21.2. The molecule has 3 aliphatic heterocycles. The summed E-state index contributed by atoms with van der Waals surface area (Å²) in [4.78, 5) is 73.1. The zero-order valence-electron chi connectivity index (χ0n) is 32.6. The van der Waals surface area contributed by atoms with Crippen molar-refractivity contribution in [3.8, 4) is 5.75 Å². The lowest BCUT2D eigenvalue weighted by molar-refractivity contribution is -0.156. The Kier molecular flexibility index (Phi) is 14.6. The molecule has 0 unspecified atom stereocenters. The van der Waals surface area contributed by atoms with Crippen LogP contribution in [0.1, 0.15) is 75.3 Å². The number of ether oxygens (including phenoxy) is 2. The SMILES string of the molecule is COC(=O)[C@@H]1CCC[C@@H]2SCC[C@H](NC(=O)[C@H](CC[C@H](Cc3ccccc3)C(=O)C[C@H]3CCCCN(c4cccc(OC)c4)C3=O)Cc3ccccc3)C(=O)N21. The lowest BCUT2D eigenvalue weighted by atomic mass is 9.82. The number of Topliss-reactive ketones (excluding diaryl/α,β-unsaturated/α-hetero) is 1. The topological polar surface area (TPSA) is 122 Å². The van der Waals surface area contributed by atoms with E-state index in [-0.39, 0.29) is 35.3 Å². The molecule has 3 aromatic rings. The number of rotatable bonds is 15. The van der Waals surface area contributed by atoms with E-state index >= 15 is 0 Å². The summed E-state index contributed by atoms with van der Waals surface area (Å²) in [6.45, 7) is 0.588. The van der Waals surface area contributed by atoms with Gasteiger partial charge in [-0.1, -0.05) is 73.2 Å². The highest BCUT2D eigenvalue weighted by Crippen LogP contribution is 2.35. The number of methoxy groups -OCH3 is 2. The zero-order valence-corrected chi connectivity index (χ0v) is 33.4. The number of esters is 1. The van der Waals surface area contributed by atoms with Gasteiger partial charge in [-0.25, -0.2) is 4.79 Å². The number of thioether (sulfide) groups is 1. The fraction of sp³-hybridized carbons (Fsp3) is 0.489. The summed E-state index contributed by atoms with van der Waals surface area (Å²) < 4.78 is 10.5. The van der Waals surface area contributed by atoms with Crippen LogP contribution in [-0.2, 0) is 41.6 Å². The highest BCUT2D eigenvalue weighted by atomic mass is 32.2. The molecule has 0 aromatic heterocycles. The minimum absolute atomic E-state index is 0.0273. The first-order chi connectivity index (χ1) is 27.2. The molecule has 298 valence electrons. The predicted molar refractivity (Wildman–Crippen MR) is 218 cm³/mol. The third-order valence-electron chi connectivity index (χ3n) is 11.6. The highest BCUT2D eigenvalue weighted by molar-refractivity contribution is 7.99. The number of amides is 3. The first kappa shape index (κ1) is 41.0. The Labute approximate surface area is 335 Å². The summed E-state index contributed by atoms with van der Waals surface area (Å²) in [6, 6.07) is 25.8. The standard InChI is InChI=1S/C45H55N3O7S/c1-54-37-19-11-18-36(30-37)47-25-10-9-17-35(43(47)51)29-40(49)33(27-31-13-5-3-6-14-31)22-23-34(28-32-15-7-4-8-16-32)42(50)46-38-24-26-56-41-21-12-20-39(45(53)55-2)48(41)44(38)52/h3-8,11,13-16,18-19,30,33-35,38-39,41H,9-10,12,17,20-29H2,1-2H3,(H,46,50)/t33-,34-,35-,38+,39+,41+/m1/s1. The summed E-state index contributed by atoms with van der Waals surface area (Å²) in [5.74, 6) is -0.921. The molecule has 3 fully saturated rings. The lowest BCUT2D eigenvalue weighted by Crippen LogP contribution is -2.57. The monoisotopic (exact) mass is 781 g/mol. The van der Waals surface area contributed by atoms with E-state index in [0.29, 0.717) is 63.0 Å². The van der Waals surface area contributed by atoms with Crippen molar-refractivity contribution in [2.45, 2.75) is 94.5 Å². The van der Waals surface area contributed by atoms with Crippen LogP contribution in [0.25, 0.3) is 0 Å². The second-order valence-electron chi connectivity index (χ2n) is 15.3. The van der Waals surface area contributed by atoms with E-state index < -0.39 is 35.8 Å². The van der Waals surface area contributed by atoms with Gasteiger partial charge in [0.25, 0.3) is 0 Å². The Morgan fingerprint density at radius 3 is 2.18 bits per heavy atom. The van der Waals surface area contributed by atoms with E-state index in [0.717, 1.165) is 42.5 Å². The van der Waals surface area contributed by atoms with Crippen molar-refractivity contribution in [2.75, 3.05) is 31.4 Å². The summed E-state index contributed by atoms with van der Waals surface area (Å²) >= 11 is 1.66. The van der Waals surface area contributed by atoms with Crippen LogP contribution in [0.3, 0.4) is 0 Å². The van der Waals surface area contributed by atoms with Gasteiger partial charge in [-0.2, -0.15) is 0 Å².